The first-order valence-electron chi connectivity index (χ1n) is 10.1. The number of carbonyl (C=O) groups excluding carboxylic acids is 2. The molecule has 8 nitrogen and oxygen atoms in total. The Balaban J connectivity index is 1.57. The highest BCUT2D eigenvalue weighted by molar-refractivity contribution is 8.00. The van der Waals surface area contributed by atoms with Crippen LogP contribution in [0.3, 0.4) is 0 Å². The summed E-state index contributed by atoms with van der Waals surface area (Å²) in [5.74, 6) is 0.602. The first kappa shape index (κ1) is 22.3. The Morgan fingerprint density at radius 2 is 1.91 bits per heavy atom. The highest BCUT2D eigenvalue weighted by Crippen LogP contribution is 2.42. The minimum atomic E-state index is -0.505. The molecule has 3 aromatic carbocycles. The third-order valence-corrected chi connectivity index (χ3v) is 6.53. The number of nitrogens with zero attached hydrogens (tertiary/aromatic N) is 2. The van der Waals surface area contributed by atoms with E-state index in [1.807, 2.05) is 24.3 Å². The molecular weight excluding hydrogens is 442 g/mol. The number of benzene rings is 3. The molecule has 1 N–H and O–H groups in total. The first-order valence-corrected chi connectivity index (χ1v) is 11.2. The third-order valence-electron chi connectivity index (χ3n) is 5.32. The first-order chi connectivity index (χ1) is 15.9. The number of methoxy groups -OCH3 is 1. The number of anilines is 2. The van der Waals surface area contributed by atoms with Crippen molar-refractivity contribution < 1.29 is 19.2 Å². The minimum Gasteiger partial charge on any atom is -0.497 e. The van der Waals surface area contributed by atoms with Crippen LogP contribution in [0.25, 0.3) is 0 Å². The number of aryl methyl sites for hydroxylation is 1. The molecule has 0 bridgehead atoms. The predicted molar refractivity (Wildman–Crippen MR) is 128 cm³/mol. The fourth-order valence-electron chi connectivity index (χ4n) is 3.61. The van der Waals surface area contributed by atoms with Gasteiger partial charge in [0.15, 0.2) is 0 Å². The van der Waals surface area contributed by atoms with Gasteiger partial charge in [-0.25, -0.2) is 0 Å². The maximum atomic E-state index is 12.7. The molecule has 0 aromatic heterocycles. The van der Waals surface area contributed by atoms with E-state index in [9.17, 15) is 19.7 Å². The van der Waals surface area contributed by atoms with Gasteiger partial charge >= 0.3 is 0 Å². The molecule has 168 valence electrons. The Morgan fingerprint density at radius 3 is 2.61 bits per heavy atom. The van der Waals surface area contributed by atoms with Gasteiger partial charge in [0.05, 0.1) is 17.8 Å². The Bertz CT molecular complexity index is 1230. The van der Waals surface area contributed by atoms with Crippen LogP contribution >= 0.6 is 11.8 Å². The lowest BCUT2D eigenvalue weighted by atomic mass is 10.1. The fraction of sp³-hybridized carbons (Fsp3) is 0.167. The summed E-state index contributed by atoms with van der Waals surface area (Å²) in [6.45, 7) is 1.62. The van der Waals surface area contributed by atoms with E-state index >= 15 is 0 Å². The topological polar surface area (TPSA) is 102 Å². The molecule has 1 aliphatic heterocycles. The zero-order valence-electron chi connectivity index (χ0n) is 18.0. The molecule has 0 saturated carbocycles. The zero-order valence-corrected chi connectivity index (χ0v) is 18.8. The molecule has 0 unspecified atom stereocenters. The van der Waals surface area contributed by atoms with Crippen LogP contribution in [-0.4, -0.2) is 29.6 Å². The standard InChI is InChI=1S/C24H21N3O5S/c1-15-6-7-16(13-21(15)27(30)31)23(29)25-18-5-3-4-17(12-18)24-26(22(28)14-33-24)19-8-10-20(32-2)11-9-19/h3-13,24H,14H2,1-2H3,(H,25,29)/t24-/m0/s1. The summed E-state index contributed by atoms with van der Waals surface area (Å²) < 4.78 is 5.20. The quantitative estimate of drug-likeness (QED) is 0.410. The lowest BCUT2D eigenvalue weighted by Gasteiger charge is -2.25. The molecule has 1 heterocycles. The number of carbonyl (C=O) groups is 2. The van der Waals surface area contributed by atoms with E-state index in [1.165, 1.54) is 17.8 Å². The van der Waals surface area contributed by atoms with Crippen LogP contribution in [0.1, 0.15) is 26.9 Å². The molecule has 3 aromatic rings. The fourth-order valence-corrected chi connectivity index (χ4v) is 4.78. The summed E-state index contributed by atoms with van der Waals surface area (Å²) >= 11 is 1.50. The van der Waals surface area contributed by atoms with Crippen LogP contribution in [-0.2, 0) is 4.79 Å². The molecule has 1 aliphatic rings. The van der Waals surface area contributed by atoms with Gasteiger partial charge < -0.3 is 10.1 Å². The van der Waals surface area contributed by atoms with E-state index in [4.69, 9.17) is 4.74 Å². The molecule has 0 spiro atoms. The summed E-state index contributed by atoms with van der Waals surface area (Å²) in [6, 6.07) is 18.9. The van der Waals surface area contributed by atoms with Crippen molar-refractivity contribution in [1.29, 1.82) is 0 Å². The number of nitro benzene ring substituents is 1. The molecule has 33 heavy (non-hydrogen) atoms. The van der Waals surface area contributed by atoms with Crippen molar-refractivity contribution in [1.82, 2.24) is 0 Å². The predicted octanol–water partition coefficient (Wildman–Crippen LogP) is 4.94. The van der Waals surface area contributed by atoms with Crippen LogP contribution in [0, 0.1) is 17.0 Å². The number of hydrogen-bond acceptors (Lipinski definition) is 6. The van der Waals surface area contributed by atoms with Gasteiger partial charge in [-0.3, -0.25) is 24.6 Å². The minimum absolute atomic E-state index is 0.00318. The third kappa shape index (κ3) is 4.68. The summed E-state index contributed by atoms with van der Waals surface area (Å²) in [7, 11) is 1.59. The van der Waals surface area contributed by atoms with Gasteiger partial charge in [-0.2, -0.15) is 0 Å². The van der Waals surface area contributed by atoms with Gasteiger partial charge in [0, 0.05) is 28.6 Å². The molecule has 2 amide bonds. The summed E-state index contributed by atoms with van der Waals surface area (Å²) in [5.41, 5.74) is 2.73. The van der Waals surface area contributed by atoms with E-state index in [2.05, 4.69) is 5.32 Å². The van der Waals surface area contributed by atoms with E-state index < -0.39 is 10.8 Å². The van der Waals surface area contributed by atoms with Gasteiger partial charge in [-0.1, -0.05) is 18.2 Å². The molecule has 9 heteroatoms. The summed E-state index contributed by atoms with van der Waals surface area (Å²) in [5, 5.41) is 13.7. The average molecular weight is 464 g/mol. The largest absolute Gasteiger partial charge is 0.497 e. The van der Waals surface area contributed by atoms with Crippen molar-refractivity contribution in [2.24, 2.45) is 0 Å². The highest BCUT2D eigenvalue weighted by Gasteiger charge is 2.34. The molecule has 1 saturated heterocycles. The SMILES string of the molecule is COc1ccc(N2C(=O)CS[C@H]2c2cccc(NC(=O)c3ccc(C)c([N+](=O)[O-])c3)c2)cc1. The van der Waals surface area contributed by atoms with Crippen LogP contribution in [0.5, 0.6) is 5.75 Å². The van der Waals surface area contributed by atoms with Gasteiger partial charge in [0.2, 0.25) is 5.91 Å². The number of ether oxygens (including phenoxy) is 1. The molecular formula is C24H21N3O5S. The van der Waals surface area contributed by atoms with Crippen LogP contribution in [0.2, 0.25) is 0 Å². The number of thioether (sulfide) groups is 1. The zero-order chi connectivity index (χ0) is 23.5. The lowest BCUT2D eigenvalue weighted by Crippen LogP contribution is -2.27. The molecule has 1 atom stereocenters. The second kappa shape index (κ2) is 9.33. The van der Waals surface area contributed by atoms with Crippen molar-refractivity contribution in [3.05, 3.63) is 93.5 Å². The van der Waals surface area contributed by atoms with E-state index in [-0.39, 0.29) is 22.5 Å². The monoisotopic (exact) mass is 463 g/mol. The number of nitro groups is 1. The summed E-state index contributed by atoms with van der Waals surface area (Å²) in [4.78, 5) is 37.8. The van der Waals surface area contributed by atoms with Crippen LogP contribution in [0.4, 0.5) is 17.1 Å². The van der Waals surface area contributed by atoms with E-state index in [0.29, 0.717) is 22.8 Å². The maximum Gasteiger partial charge on any atom is 0.273 e. The van der Waals surface area contributed by atoms with Crippen molar-refractivity contribution in [2.75, 3.05) is 23.1 Å². The number of amides is 2. The Kier molecular flexibility index (Phi) is 6.32. The highest BCUT2D eigenvalue weighted by atomic mass is 32.2. The molecule has 0 aliphatic carbocycles. The Morgan fingerprint density at radius 1 is 1.15 bits per heavy atom. The van der Waals surface area contributed by atoms with Crippen molar-refractivity contribution >= 4 is 40.6 Å². The number of rotatable bonds is 6. The van der Waals surface area contributed by atoms with Crippen LogP contribution < -0.4 is 15.0 Å². The van der Waals surface area contributed by atoms with Crippen molar-refractivity contribution in [3.63, 3.8) is 0 Å². The van der Waals surface area contributed by atoms with Crippen LogP contribution in [0.15, 0.2) is 66.7 Å². The Labute approximate surface area is 194 Å². The van der Waals surface area contributed by atoms with E-state index in [0.717, 1.165) is 11.3 Å². The van der Waals surface area contributed by atoms with E-state index in [1.54, 1.807) is 55.3 Å². The smallest absolute Gasteiger partial charge is 0.273 e. The van der Waals surface area contributed by atoms with Gasteiger partial charge in [0.25, 0.3) is 11.6 Å². The average Bonchev–Trinajstić information content (AvgIpc) is 3.20. The molecule has 1 fully saturated rings. The number of hydrogen-bond donors (Lipinski definition) is 1. The second-order valence-electron chi connectivity index (χ2n) is 7.46. The molecule has 4 rings (SSSR count). The lowest BCUT2D eigenvalue weighted by molar-refractivity contribution is -0.385. The Hall–Kier alpha value is -3.85. The van der Waals surface area contributed by atoms with Crippen molar-refractivity contribution in [2.45, 2.75) is 12.3 Å². The van der Waals surface area contributed by atoms with Gasteiger partial charge in [-0.05, 0) is 55.0 Å². The van der Waals surface area contributed by atoms with Gasteiger partial charge in [0.1, 0.15) is 11.1 Å². The van der Waals surface area contributed by atoms with Gasteiger partial charge in [-0.15, -0.1) is 11.8 Å². The summed E-state index contributed by atoms with van der Waals surface area (Å²) in [6.07, 6.45) is 0. The van der Waals surface area contributed by atoms with Crippen molar-refractivity contribution in [3.8, 4) is 5.75 Å². The second-order valence-corrected chi connectivity index (χ2v) is 8.53. The molecule has 0 radical (unpaired) electrons. The normalized spacial score (nSPS) is 15.4. The number of nitrogens with one attached hydrogen (secondary N) is 1. The maximum absolute atomic E-state index is 12.7.